The summed E-state index contributed by atoms with van der Waals surface area (Å²) < 4.78 is 0. The molecule has 0 spiro atoms. The third kappa shape index (κ3) is 3.45. The van der Waals surface area contributed by atoms with Crippen molar-refractivity contribution in [3.63, 3.8) is 0 Å². The van der Waals surface area contributed by atoms with Crippen LogP contribution in [0.3, 0.4) is 0 Å². The third-order valence-corrected chi connectivity index (χ3v) is 4.15. The van der Waals surface area contributed by atoms with Crippen LogP contribution < -0.4 is 10.6 Å². The van der Waals surface area contributed by atoms with Gasteiger partial charge in [-0.3, -0.25) is 14.5 Å². The molecule has 1 fully saturated rings. The zero-order valence-electron chi connectivity index (χ0n) is 12.7. The van der Waals surface area contributed by atoms with Crippen molar-refractivity contribution in [2.75, 3.05) is 13.1 Å². The fourth-order valence-electron chi connectivity index (χ4n) is 2.38. The summed E-state index contributed by atoms with van der Waals surface area (Å²) in [4.78, 5) is 37.4. The number of hydrogen-bond acceptors (Lipinski definition) is 4. The highest BCUT2D eigenvalue weighted by atomic mass is 35.5. The molecule has 1 aromatic rings. The Morgan fingerprint density at radius 2 is 2.12 bits per heavy atom. The second-order valence-corrected chi connectivity index (χ2v) is 6.17. The lowest BCUT2D eigenvalue weighted by molar-refractivity contribution is -0.134. The molecule has 0 aliphatic carbocycles. The molecule has 0 aromatic heterocycles. The van der Waals surface area contributed by atoms with Crippen molar-refractivity contribution in [1.29, 1.82) is 5.26 Å². The molecule has 0 saturated carbocycles. The summed E-state index contributed by atoms with van der Waals surface area (Å²) in [6, 6.07) is 5.78. The number of amides is 4. The van der Waals surface area contributed by atoms with Gasteiger partial charge in [0.05, 0.1) is 12.5 Å². The second-order valence-electron chi connectivity index (χ2n) is 5.33. The van der Waals surface area contributed by atoms with Crippen LogP contribution in [0.2, 0.25) is 10.0 Å². The molecule has 126 valence electrons. The standard InChI is InChI=1S/C15H14Cl2N4O3/c1-15(10-4-3-9(16)7-11(10)17)13(23)21(14(24)20-15)8-12(22)19-6-2-5-18/h3-4,7H,2,6,8H2,1H3,(H,19,22)(H,20,24)/t15-/m1/s1. The molecule has 1 aromatic carbocycles. The first-order valence-corrected chi connectivity index (χ1v) is 7.78. The molecule has 1 heterocycles. The van der Waals surface area contributed by atoms with Crippen LogP contribution in [0.15, 0.2) is 18.2 Å². The van der Waals surface area contributed by atoms with Crippen LogP contribution in [-0.4, -0.2) is 35.8 Å². The fraction of sp³-hybridized carbons (Fsp3) is 0.333. The highest BCUT2D eigenvalue weighted by molar-refractivity contribution is 6.35. The molecule has 0 radical (unpaired) electrons. The van der Waals surface area contributed by atoms with Crippen molar-refractivity contribution >= 4 is 41.0 Å². The third-order valence-electron chi connectivity index (χ3n) is 3.61. The van der Waals surface area contributed by atoms with Gasteiger partial charge >= 0.3 is 6.03 Å². The number of carbonyl (C=O) groups excluding carboxylic acids is 3. The summed E-state index contributed by atoms with van der Waals surface area (Å²) in [6.45, 7) is 1.23. The lowest BCUT2D eigenvalue weighted by Crippen LogP contribution is -2.43. The number of benzene rings is 1. The molecular formula is C15H14Cl2N4O3. The maximum absolute atomic E-state index is 12.7. The van der Waals surface area contributed by atoms with Gasteiger partial charge in [-0.15, -0.1) is 0 Å². The largest absolute Gasteiger partial charge is 0.354 e. The Morgan fingerprint density at radius 1 is 1.42 bits per heavy atom. The summed E-state index contributed by atoms with van der Waals surface area (Å²) >= 11 is 12.0. The monoisotopic (exact) mass is 368 g/mol. The topological polar surface area (TPSA) is 102 Å². The van der Waals surface area contributed by atoms with Crippen LogP contribution in [0.5, 0.6) is 0 Å². The molecule has 1 aliphatic heterocycles. The maximum atomic E-state index is 12.7. The first-order valence-electron chi connectivity index (χ1n) is 7.03. The number of nitriles is 1. The van der Waals surface area contributed by atoms with Gasteiger partial charge < -0.3 is 10.6 Å². The Balaban J connectivity index is 2.18. The van der Waals surface area contributed by atoms with Gasteiger partial charge in [-0.1, -0.05) is 29.3 Å². The van der Waals surface area contributed by atoms with Gasteiger partial charge in [0.2, 0.25) is 5.91 Å². The average molecular weight is 369 g/mol. The van der Waals surface area contributed by atoms with Crippen LogP contribution in [0.4, 0.5) is 4.79 Å². The molecule has 2 rings (SSSR count). The number of rotatable bonds is 5. The Bertz CT molecular complexity index is 747. The number of nitrogens with zero attached hydrogens (tertiary/aromatic N) is 2. The van der Waals surface area contributed by atoms with Gasteiger partial charge in [-0.2, -0.15) is 5.26 Å². The van der Waals surface area contributed by atoms with Crippen molar-refractivity contribution < 1.29 is 14.4 Å². The first kappa shape index (κ1) is 18.0. The minimum absolute atomic E-state index is 0.143. The quantitative estimate of drug-likeness (QED) is 0.610. The van der Waals surface area contributed by atoms with Crippen LogP contribution in [-0.2, 0) is 15.1 Å². The van der Waals surface area contributed by atoms with E-state index in [1.807, 2.05) is 6.07 Å². The number of imide groups is 1. The molecule has 0 unspecified atom stereocenters. The zero-order valence-corrected chi connectivity index (χ0v) is 14.2. The normalized spacial score (nSPS) is 19.8. The van der Waals surface area contributed by atoms with Crippen LogP contribution in [0.25, 0.3) is 0 Å². The summed E-state index contributed by atoms with van der Waals surface area (Å²) in [5.74, 6) is -1.12. The van der Waals surface area contributed by atoms with E-state index >= 15 is 0 Å². The van der Waals surface area contributed by atoms with E-state index in [0.717, 1.165) is 4.90 Å². The number of urea groups is 1. The smallest absolute Gasteiger partial charge is 0.325 e. The summed E-state index contributed by atoms with van der Waals surface area (Å²) in [6.07, 6.45) is 0.143. The van der Waals surface area contributed by atoms with Gasteiger partial charge in [-0.25, -0.2) is 4.79 Å². The van der Waals surface area contributed by atoms with E-state index in [-0.39, 0.29) is 18.0 Å². The molecule has 4 amide bonds. The van der Waals surface area contributed by atoms with Crippen LogP contribution in [0.1, 0.15) is 18.9 Å². The molecule has 1 atom stereocenters. The first-order chi connectivity index (χ1) is 11.3. The van der Waals surface area contributed by atoms with Crippen molar-refractivity contribution in [3.05, 3.63) is 33.8 Å². The van der Waals surface area contributed by atoms with Crippen molar-refractivity contribution in [2.45, 2.75) is 18.9 Å². The van der Waals surface area contributed by atoms with Crippen LogP contribution >= 0.6 is 23.2 Å². The minimum atomic E-state index is -1.38. The van der Waals surface area contributed by atoms with E-state index in [4.69, 9.17) is 28.5 Å². The van der Waals surface area contributed by atoms with E-state index in [1.54, 1.807) is 12.1 Å². The van der Waals surface area contributed by atoms with E-state index in [2.05, 4.69) is 10.6 Å². The molecular weight excluding hydrogens is 355 g/mol. The van der Waals surface area contributed by atoms with E-state index in [9.17, 15) is 14.4 Å². The minimum Gasteiger partial charge on any atom is -0.354 e. The molecule has 2 N–H and O–H groups in total. The lowest BCUT2D eigenvalue weighted by atomic mass is 9.92. The Hall–Kier alpha value is -2.30. The molecule has 7 nitrogen and oxygen atoms in total. The Labute approximate surface area is 148 Å². The number of halogens is 2. The summed E-state index contributed by atoms with van der Waals surface area (Å²) in [5.41, 5.74) is -0.995. The number of hydrogen-bond donors (Lipinski definition) is 2. The van der Waals surface area contributed by atoms with Gasteiger partial charge in [0, 0.05) is 22.2 Å². The van der Waals surface area contributed by atoms with Crippen LogP contribution in [0, 0.1) is 11.3 Å². The van der Waals surface area contributed by atoms with Crippen molar-refractivity contribution in [2.24, 2.45) is 0 Å². The van der Waals surface area contributed by atoms with Gasteiger partial charge in [0.25, 0.3) is 5.91 Å². The van der Waals surface area contributed by atoms with E-state index in [1.165, 1.54) is 13.0 Å². The van der Waals surface area contributed by atoms with Crippen molar-refractivity contribution in [3.8, 4) is 6.07 Å². The number of carbonyl (C=O) groups is 3. The van der Waals surface area contributed by atoms with Crippen molar-refractivity contribution in [1.82, 2.24) is 15.5 Å². The fourth-order valence-corrected chi connectivity index (χ4v) is 2.97. The van der Waals surface area contributed by atoms with E-state index < -0.39 is 29.9 Å². The molecule has 1 aliphatic rings. The average Bonchev–Trinajstić information content (AvgIpc) is 2.71. The molecule has 0 bridgehead atoms. The Morgan fingerprint density at radius 3 is 2.75 bits per heavy atom. The second kappa shape index (κ2) is 7.07. The molecule has 9 heteroatoms. The lowest BCUT2D eigenvalue weighted by Gasteiger charge is -2.23. The van der Waals surface area contributed by atoms with Gasteiger partial charge in [0.15, 0.2) is 0 Å². The highest BCUT2D eigenvalue weighted by Gasteiger charge is 2.50. The summed E-state index contributed by atoms with van der Waals surface area (Å²) in [7, 11) is 0. The number of nitrogens with one attached hydrogen (secondary N) is 2. The SMILES string of the molecule is C[C@]1(c2ccc(Cl)cc2Cl)NC(=O)N(CC(=O)NCCC#N)C1=O. The molecule has 1 saturated heterocycles. The van der Waals surface area contributed by atoms with Gasteiger partial charge in [-0.05, 0) is 19.1 Å². The highest BCUT2D eigenvalue weighted by Crippen LogP contribution is 2.34. The summed E-state index contributed by atoms with van der Waals surface area (Å²) in [5, 5.41) is 14.1. The Kier molecular flexibility index (Phi) is 5.32. The zero-order chi connectivity index (χ0) is 17.9. The predicted molar refractivity (Wildman–Crippen MR) is 87.3 cm³/mol. The van der Waals surface area contributed by atoms with E-state index in [0.29, 0.717) is 10.6 Å². The predicted octanol–water partition coefficient (Wildman–Crippen LogP) is 1.79. The van der Waals surface area contributed by atoms with Gasteiger partial charge in [0.1, 0.15) is 12.1 Å². The maximum Gasteiger partial charge on any atom is 0.325 e. The molecule has 24 heavy (non-hydrogen) atoms.